The Morgan fingerprint density at radius 1 is 0.638 bits per heavy atom. The van der Waals surface area contributed by atoms with E-state index in [-0.39, 0.29) is 21.1 Å². The molecule has 1 atom stereocenters. The molecule has 0 amide bonds. The van der Waals surface area contributed by atoms with E-state index in [0.717, 1.165) is 12.2 Å². The van der Waals surface area contributed by atoms with Crippen molar-refractivity contribution in [3.05, 3.63) is 150 Å². The van der Waals surface area contributed by atoms with Crippen LogP contribution in [0.5, 0.6) is 5.75 Å². The van der Waals surface area contributed by atoms with Crippen molar-refractivity contribution in [3.8, 4) is 5.75 Å². The van der Waals surface area contributed by atoms with Crippen LogP contribution >= 0.6 is 0 Å². The third-order valence-corrected chi connectivity index (χ3v) is 9.71. The highest BCUT2D eigenvalue weighted by molar-refractivity contribution is 7.89. The first-order valence-corrected chi connectivity index (χ1v) is 16.9. The molecular formula is C35H27NO9S2. The lowest BCUT2D eigenvalue weighted by Crippen LogP contribution is -2.30. The topological polar surface area (TPSA) is 164 Å². The minimum atomic E-state index is -4.45. The van der Waals surface area contributed by atoms with Crippen LogP contribution in [0, 0.1) is 0 Å². The average molecular weight is 670 g/mol. The van der Waals surface area contributed by atoms with Gasteiger partial charge in [-0.1, -0.05) is 84.9 Å². The van der Waals surface area contributed by atoms with Crippen LogP contribution < -0.4 is 8.91 Å². The standard InChI is InChI=1S/C35H27NO9S2/c37-32(38)22-14-24-10-17-28(18-11-24)46(41,42)36-35(27-7-2-1-3-8-27)34-30-9-5-4-6-26(30)16-21-31(34)45-47(43,44)29-19-12-25(13-20-29)15-23-33(39)40/h1-23,35-36H,(H,37,38)(H,39,40). The number of aliphatic carboxylic acids is 2. The second kappa shape index (κ2) is 13.8. The van der Waals surface area contributed by atoms with Gasteiger partial charge in [-0.05, 0) is 69.9 Å². The summed E-state index contributed by atoms with van der Waals surface area (Å²) in [6, 6.07) is 28.8. The lowest BCUT2D eigenvalue weighted by molar-refractivity contribution is -0.132. The minimum Gasteiger partial charge on any atom is -0.478 e. The molecule has 10 nitrogen and oxygen atoms in total. The van der Waals surface area contributed by atoms with Gasteiger partial charge in [0.05, 0.1) is 10.9 Å². The highest BCUT2D eigenvalue weighted by Gasteiger charge is 2.29. The maximum atomic E-state index is 13.8. The van der Waals surface area contributed by atoms with Crippen molar-refractivity contribution >= 4 is 55.0 Å². The molecule has 0 heterocycles. The van der Waals surface area contributed by atoms with E-state index in [2.05, 4.69) is 4.72 Å². The molecule has 1 unspecified atom stereocenters. The Hall–Kier alpha value is -5.56. The fourth-order valence-electron chi connectivity index (χ4n) is 4.81. The van der Waals surface area contributed by atoms with E-state index in [9.17, 15) is 26.4 Å². The Kier molecular flexibility index (Phi) is 9.66. The zero-order valence-electron chi connectivity index (χ0n) is 24.4. The van der Waals surface area contributed by atoms with E-state index in [1.165, 1.54) is 66.7 Å². The minimum absolute atomic E-state index is 0.0988. The van der Waals surface area contributed by atoms with Gasteiger partial charge in [-0.2, -0.15) is 13.1 Å². The Bertz CT molecular complexity index is 2210. The van der Waals surface area contributed by atoms with Crippen molar-refractivity contribution in [1.82, 2.24) is 4.72 Å². The molecule has 238 valence electrons. The molecule has 3 N–H and O–H groups in total. The lowest BCUT2D eigenvalue weighted by Gasteiger charge is -2.24. The van der Waals surface area contributed by atoms with Crippen LogP contribution in [0.2, 0.25) is 0 Å². The van der Waals surface area contributed by atoms with E-state index in [0.29, 0.717) is 27.5 Å². The number of carboxylic acids is 2. The van der Waals surface area contributed by atoms with Crippen molar-refractivity contribution in [2.75, 3.05) is 0 Å². The van der Waals surface area contributed by atoms with Crippen molar-refractivity contribution in [1.29, 1.82) is 0 Å². The molecule has 0 saturated heterocycles. The van der Waals surface area contributed by atoms with Gasteiger partial charge in [-0.3, -0.25) is 0 Å². The van der Waals surface area contributed by atoms with Gasteiger partial charge in [0.1, 0.15) is 10.6 Å². The number of sulfonamides is 1. The van der Waals surface area contributed by atoms with Crippen molar-refractivity contribution in [2.24, 2.45) is 0 Å². The molecule has 47 heavy (non-hydrogen) atoms. The Balaban J connectivity index is 1.59. The fraction of sp³-hybridized carbons (Fsp3) is 0.0286. The highest BCUT2D eigenvalue weighted by atomic mass is 32.2. The van der Waals surface area contributed by atoms with Crippen LogP contribution in [0.3, 0.4) is 0 Å². The number of carboxylic acid groups (broad SMARTS) is 2. The van der Waals surface area contributed by atoms with Crippen LogP contribution in [0.15, 0.2) is 137 Å². The summed E-state index contributed by atoms with van der Waals surface area (Å²) in [4.78, 5) is 21.4. The predicted molar refractivity (Wildman–Crippen MR) is 177 cm³/mol. The van der Waals surface area contributed by atoms with Gasteiger partial charge in [0, 0.05) is 17.7 Å². The van der Waals surface area contributed by atoms with Gasteiger partial charge in [-0.15, -0.1) is 0 Å². The van der Waals surface area contributed by atoms with Gasteiger partial charge < -0.3 is 14.4 Å². The first-order chi connectivity index (χ1) is 22.4. The number of hydrogen-bond acceptors (Lipinski definition) is 7. The Morgan fingerprint density at radius 3 is 1.74 bits per heavy atom. The SMILES string of the molecule is O=C(O)C=Cc1ccc(S(=O)(=O)NC(c2ccccc2)c2c(OS(=O)(=O)c3ccc(C=CC(=O)O)cc3)ccc3ccccc23)cc1. The van der Waals surface area contributed by atoms with Crippen molar-refractivity contribution < 1.29 is 40.8 Å². The van der Waals surface area contributed by atoms with Crippen LogP contribution in [-0.2, 0) is 29.7 Å². The average Bonchev–Trinajstić information content (AvgIpc) is 3.06. The van der Waals surface area contributed by atoms with E-state index in [4.69, 9.17) is 14.4 Å². The molecule has 5 aromatic carbocycles. The second-order valence-corrected chi connectivity index (χ2v) is 13.4. The molecule has 12 heteroatoms. The largest absolute Gasteiger partial charge is 0.478 e. The molecule has 0 aliphatic carbocycles. The van der Waals surface area contributed by atoms with Crippen LogP contribution in [0.1, 0.15) is 28.3 Å². The van der Waals surface area contributed by atoms with Gasteiger partial charge in [0.15, 0.2) is 0 Å². The first-order valence-electron chi connectivity index (χ1n) is 14.0. The van der Waals surface area contributed by atoms with Crippen LogP contribution in [-0.4, -0.2) is 39.0 Å². The molecule has 0 radical (unpaired) electrons. The maximum Gasteiger partial charge on any atom is 0.339 e. The number of nitrogens with one attached hydrogen (secondary N) is 1. The molecular weight excluding hydrogens is 643 g/mol. The molecule has 0 spiro atoms. The summed E-state index contributed by atoms with van der Waals surface area (Å²) in [5.41, 5.74) is 1.70. The third-order valence-electron chi connectivity index (χ3n) is 7.02. The van der Waals surface area contributed by atoms with E-state index in [1.54, 1.807) is 60.7 Å². The zero-order chi connectivity index (χ0) is 33.6. The summed E-state index contributed by atoms with van der Waals surface area (Å²) in [5.74, 6) is -2.40. The molecule has 0 saturated carbocycles. The lowest BCUT2D eigenvalue weighted by atomic mass is 9.93. The summed E-state index contributed by atoms with van der Waals surface area (Å²) in [5, 5.41) is 19.0. The van der Waals surface area contributed by atoms with Gasteiger partial charge in [0.2, 0.25) is 10.0 Å². The summed E-state index contributed by atoms with van der Waals surface area (Å²) in [6.07, 6.45) is 4.52. The first kappa shape index (κ1) is 32.8. The Labute approximate surface area is 271 Å². The molecule has 0 aliphatic heterocycles. The molecule has 0 bridgehead atoms. The van der Waals surface area contributed by atoms with Crippen LogP contribution in [0.4, 0.5) is 0 Å². The second-order valence-electron chi connectivity index (χ2n) is 10.2. The van der Waals surface area contributed by atoms with E-state index in [1.807, 2.05) is 0 Å². The highest BCUT2D eigenvalue weighted by Crippen LogP contribution is 2.38. The van der Waals surface area contributed by atoms with Crippen molar-refractivity contribution in [2.45, 2.75) is 15.8 Å². The van der Waals surface area contributed by atoms with E-state index < -0.39 is 38.1 Å². The number of benzene rings is 5. The predicted octanol–water partition coefficient (Wildman–Crippen LogP) is 5.87. The fourth-order valence-corrected chi connectivity index (χ4v) is 6.96. The number of fused-ring (bicyclic) bond motifs is 1. The Morgan fingerprint density at radius 2 is 1.17 bits per heavy atom. The van der Waals surface area contributed by atoms with Crippen LogP contribution in [0.25, 0.3) is 22.9 Å². The summed E-state index contributed by atoms with van der Waals surface area (Å²) >= 11 is 0. The number of rotatable bonds is 12. The molecule has 0 aromatic heterocycles. The molecule has 5 rings (SSSR count). The summed E-state index contributed by atoms with van der Waals surface area (Å²) in [7, 11) is -8.69. The molecule has 0 fully saturated rings. The molecule has 0 aliphatic rings. The van der Waals surface area contributed by atoms with E-state index >= 15 is 0 Å². The van der Waals surface area contributed by atoms with Gasteiger partial charge >= 0.3 is 22.1 Å². The zero-order valence-corrected chi connectivity index (χ0v) is 26.1. The quantitative estimate of drug-likeness (QED) is 0.109. The molecule has 5 aromatic rings. The van der Waals surface area contributed by atoms with Gasteiger partial charge in [0.25, 0.3) is 0 Å². The number of hydrogen-bond donors (Lipinski definition) is 3. The summed E-state index contributed by atoms with van der Waals surface area (Å²) in [6.45, 7) is 0. The number of carbonyl (C=O) groups is 2. The normalized spacial score (nSPS) is 12.8. The smallest absolute Gasteiger partial charge is 0.339 e. The summed E-state index contributed by atoms with van der Waals surface area (Å²) < 4.78 is 63.2. The van der Waals surface area contributed by atoms with Crippen molar-refractivity contribution in [3.63, 3.8) is 0 Å². The maximum absolute atomic E-state index is 13.8. The van der Waals surface area contributed by atoms with Gasteiger partial charge in [-0.25, -0.2) is 18.0 Å². The monoisotopic (exact) mass is 669 g/mol. The third kappa shape index (κ3) is 8.00.